The lowest BCUT2D eigenvalue weighted by Gasteiger charge is -2.18. The van der Waals surface area contributed by atoms with Crippen LogP contribution in [0.15, 0.2) is 6.33 Å². The molecular formula is C8H14N2O2. The largest absolute Gasteiger partial charge is 0.363 e. The van der Waals surface area contributed by atoms with Crippen LogP contribution in [0.5, 0.6) is 0 Å². The number of nitrogens with one attached hydrogen (secondary N) is 1. The zero-order valence-electron chi connectivity index (χ0n) is 7.50. The van der Waals surface area contributed by atoms with Gasteiger partial charge in [-0.15, -0.1) is 0 Å². The molecule has 0 amide bonds. The Morgan fingerprint density at radius 3 is 2.33 bits per heavy atom. The molecule has 0 aliphatic heterocycles. The van der Waals surface area contributed by atoms with Crippen molar-refractivity contribution in [2.75, 3.05) is 0 Å². The summed E-state index contributed by atoms with van der Waals surface area (Å²) in [6.45, 7) is 5.94. The number of hydrogen-bond donors (Lipinski definition) is 3. The van der Waals surface area contributed by atoms with Crippen molar-refractivity contribution in [2.45, 2.75) is 32.5 Å². The second kappa shape index (κ2) is 2.88. The summed E-state index contributed by atoms with van der Waals surface area (Å²) in [6.07, 6.45) is -0.0273. The van der Waals surface area contributed by atoms with E-state index in [1.54, 1.807) is 0 Å². The first kappa shape index (κ1) is 9.22. The van der Waals surface area contributed by atoms with Gasteiger partial charge in [0.05, 0.1) is 6.33 Å². The maximum atomic E-state index is 8.93. The van der Waals surface area contributed by atoms with Crippen LogP contribution < -0.4 is 0 Å². The van der Waals surface area contributed by atoms with Crippen molar-refractivity contribution in [1.29, 1.82) is 0 Å². The van der Waals surface area contributed by atoms with Gasteiger partial charge in [-0.3, -0.25) is 0 Å². The smallest absolute Gasteiger partial charge is 0.197 e. The first-order valence-electron chi connectivity index (χ1n) is 3.83. The number of H-pyrrole nitrogens is 1. The maximum Gasteiger partial charge on any atom is 0.197 e. The van der Waals surface area contributed by atoms with Crippen LogP contribution in [0.3, 0.4) is 0 Å². The second-order valence-corrected chi connectivity index (χ2v) is 3.79. The van der Waals surface area contributed by atoms with E-state index in [2.05, 4.69) is 9.97 Å². The molecule has 0 aliphatic carbocycles. The Hall–Kier alpha value is -0.870. The molecule has 0 saturated heterocycles. The minimum Gasteiger partial charge on any atom is -0.363 e. The lowest BCUT2D eigenvalue weighted by atomic mass is 9.90. The number of aromatic nitrogens is 2. The van der Waals surface area contributed by atoms with Crippen molar-refractivity contribution in [3.63, 3.8) is 0 Å². The van der Waals surface area contributed by atoms with Crippen LogP contribution in [0.1, 0.15) is 38.4 Å². The number of rotatable bonds is 1. The Balaban J connectivity index is 3.08. The summed E-state index contributed by atoms with van der Waals surface area (Å²) >= 11 is 0. The number of nitrogens with zero attached hydrogens (tertiary/aromatic N) is 1. The van der Waals surface area contributed by atoms with Gasteiger partial charge in [0, 0.05) is 11.1 Å². The third-order valence-electron chi connectivity index (χ3n) is 1.66. The lowest BCUT2D eigenvalue weighted by molar-refractivity contribution is -0.0467. The highest BCUT2D eigenvalue weighted by molar-refractivity contribution is 5.20. The number of hydrogen-bond acceptors (Lipinski definition) is 3. The molecule has 0 radical (unpaired) electrons. The quantitative estimate of drug-likeness (QED) is 0.543. The Morgan fingerprint density at radius 2 is 2.00 bits per heavy atom. The van der Waals surface area contributed by atoms with Gasteiger partial charge in [-0.2, -0.15) is 0 Å². The predicted octanol–water partition coefficient (Wildman–Crippen LogP) is 0.690. The van der Waals surface area contributed by atoms with Crippen LogP contribution in [0.4, 0.5) is 0 Å². The van der Waals surface area contributed by atoms with Gasteiger partial charge >= 0.3 is 0 Å². The van der Waals surface area contributed by atoms with E-state index >= 15 is 0 Å². The van der Waals surface area contributed by atoms with Crippen molar-refractivity contribution in [1.82, 2.24) is 9.97 Å². The number of aliphatic hydroxyl groups is 2. The highest BCUT2D eigenvalue weighted by Gasteiger charge is 2.23. The SMILES string of the molecule is CC(C)(C)c1[nH]cnc1C(O)O. The maximum absolute atomic E-state index is 8.93. The molecule has 68 valence electrons. The van der Waals surface area contributed by atoms with E-state index in [0.717, 1.165) is 5.69 Å². The normalized spacial score (nSPS) is 12.5. The Bertz CT molecular complexity index is 260. The van der Waals surface area contributed by atoms with Gasteiger partial charge in [-0.25, -0.2) is 4.98 Å². The fraction of sp³-hybridized carbons (Fsp3) is 0.625. The minimum absolute atomic E-state index is 0.143. The Labute approximate surface area is 71.3 Å². The molecule has 1 heterocycles. The standard InChI is InChI=1S/C8H14N2O2/c1-8(2,3)6-5(7(11)12)9-4-10-6/h4,7,11-12H,1-3H3,(H,9,10). The molecule has 0 bridgehead atoms. The summed E-state index contributed by atoms with van der Waals surface area (Å²) < 4.78 is 0. The van der Waals surface area contributed by atoms with E-state index in [9.17, 15) is 0 Å². The van der Waals surface area contributed by atoms with Crippen LogP contribution in [-0.2, 0) is 5.41 Å². The van der Waals surface area contributed by atoms with E-state index in [0.29, 0.717) is 5.69 Å². The summed E-state index contributed by atoms with van der Waals surface area (Å²) in [6, 6.07) is 0. The van der Waals surface area contributed by atoms with Gasteiger partial charge < -0.3 is 15.2 Å². The van der Waals surface area contributed by atoms with Crippen molar-refractivity contribution in [2.24, 2.45) is 0 Å². The highest BCUT2D eigenvalue weighted by Crippen LogP contribution is 2.25. The second-order valence-electron chi connectivity index (χ2n) is 3.79. The summed E-state index contributed by atoms with van der Waals surface area (Å²) in [7, 11) is 0. The van der Waals surface area contributed by atoms with Crippen LogP contribution in [0.2, 0.25) is 0 Å². The Kier molecular flexibility index (Phi) is 2.21. The molecule has 1 aromatic rings. The molecule has 0 fully saturated rings. The van der Waals surface area contributed by atoms with Gasteiger partial charge in [-0.05, 0) is 0 Å². The van der Waals surface area contributed by atoms with E-state index in [1.807, 2.05) is 20.8 Å². The van der Waals surface area contributed by atoms with Crippen LogP contribution in [-0.4, -0.2) is 20.2 Å². The van der Waals surface area contributed by atoms with Gasteiger partial charge in [0.15, 0.2) is 6.29 Å². The first-order valence-corrected chi connectivity index (χ1v) is 3.83. The summed E-state index contributed by atoms with van der Waals surface area (Å²) in [5.74, 6) is 0. The van der Waals surface area contributed by atoms with E-state index in [4.69, 9.17) is 10.2 Å². The topological polar surface area (TPSA) is 69.1 Å². The zero-order chi connectivity index (χ0) is 9.35. The average molecular weight is 170 g/mol. The van der Waals surface area contributed by atoms with Gasteiger partial charge in [0.25, 0.3) is 0 Å². The average Bonchev–Trinajstić information content (AvgIpc) is 2.30. The number of aromatic amines is 1. The summed E-state index contributed by atoms with van der Waals surface area (Å²) in [5.41, 5.74) is 0.926. The van der Waals surface area contributed by atoms with Crippen molar-refractivity contribution in [3.05, 3.63) is 17.7 Å². The molecular weight excluding hydrogens is 156 g/mol. The molecule has 0 saturated carbocycles. The zero-order valence-corrected chi connectivity index (χ0v) is 7.50. The van der Waals surface area contributed by atoms with E-state index in [1.165, 1.54) is 6.33 Å². The van der Waals surface area contributed by atoms with E-state index in [-0.39, 0.29) is 5.41 Å². The molecule has 3 N–H and O–H groups in total. The van der Waals surface area contributed by atoms with Gasteiger partial charge in [-0.1, -0.05) is 20.8 Å². The first-order chi connectivity index (χ1) is 5.43. The molecule has 12 heavy (non-hydrogen) atoms. The van der Waals surface area contributed by atoms with Crippen molar-refractivity contribution < 1.29 is 10.2 Å². The number of imidazole rings is 1. The predicted molar refractivity (Wildman–Crippen MR) is 44.5 cm³/mol. The van der Waals surface area contributed by atoms with Crippen LogP contribution in [0, 0.1) is 0 Å². The molecule has 0 aromatic carbocycles. The van der Waals surface area contributed by atoms with Crippen molar-refractivity contribution >= 4 is 0 Å². The molecule has 0 unspecified atom stereocenters. The molecule has 0 aliphatic rings. The van der Waals surface area contributed by atoms with Gasteiger partial charge in [0.2, 0.25) is 0 Å². The molecule has 1 aromatic heterocycles. The van der Waals surface area contributed by atoms with Crippen molar-refractivity contribution in [3.8, 4) is 0 Å². The molecule has 0 spiro atoms. The molecule has 0 atom stereocenters. The fourth-order valence-electron chi connectivity index (χ4n) is 1.10. The molecule has 1 rings (SSSR count). The molecule has 4 heteroatoms. The Morgan fingerprint density at radius 1 is 1.42 bits per heavy atom. The van der Waals surface area contributed by atoms with E-state index < -0.39 is 6.29 Å². The summed E-state index contributed by atoms with van der Waals surface area (Å²) in [4.78, 5) is 6.72. The third kappa shape index (κ3) is 1.65. The van der Waals surface area contributed by atoms with Gasteiger partial charge in [0.1, 0.15) is 5.69 Å². The fourth-order valence-corrected chi connectivity index (χ4v) is 1.10. The lowest BCUT2D eigenvalue weighted by Crippen LogP contribution is -2.16. The number of aliphatic hydroxyl groups excluding tert-OH is 1. The monoisotopic (exact) mass is 170 g/mol. The van der Waals surface area contributed by atoms with Crippen LogP contribution in [0.25, 0.3) is 0 Å². The minimum atomic E-state index is -1.49. The van der Waals surface area contributed by atoms with Crippen LogP contribution >= 0.6 is 0 Å². The third-order valence-corrected chi connectivity index (χ3v) is 1.66. The molecule has 4 nitrogen and oxygen atoms in total. The summed E-state index contributed by atoms with van der Waals surface area (Å²) in [5, 5.41) is 17.9. The highest BCUT2D eigenvalue weighted by atomic mass is 16.5.